The fourth-order valence-electron chi connectivity index (χ4n) is 2.78. The molecule has 3 rings (SSSR count). The van der Waals surface area contributed by atoms with Crippen molar-refractivity contribution >= 4 is 33.1 Å². The fraction of sp³-hybridized carbons (Fsp3) is 0.615. The third kappa shape index (κ3) is 3.11. The first-order valence-corrected chi connectivity index (χ1v) is 7.91. The summed E-state index contributed by atoms with van der Waals surface area (Å²) >= 11 is 3.37. The molecule has 114 valence electrons. The quantitative estimate of drug-likeness (QED) is 0.655. The molecular formula is C13H18BrN5O2. The maximum Gasteiger partial charge on any atom is 0.335 e. The molecule has 0 aromatic carbocycles. The van der Waals surface area contributed by atoms with Gasteiger partial charge in [0.05, 0.1) is 9.40 Å². The van der Waals surface area contributed by atoms with Crippen LogP contribution >= 0.6 is 15.9 Å². The van der Waals surface area contributed by atoms with Crippen LogP contribution in [0.15, 0.2) is 10.7 Å². The highest BCUT2D eigenvalue weighted by atomic mass is 79.9. The number of halogens is 1. The molecule has 0 radical (unpaired) electrons. The van der Waals surface area contributed by atoms with Gasteiger partial charge in [-0.3, -0.25) is 15.0 Å². The molecule has 2 N–H and O–H groups in total. The van der Waals surface area contributed by atoms with Crippen molar-refractivity contribution in [2.24, 2.45) is 5.92 Å². The van der Waals surface area contributed by atoms with Gasteiger partial charge in [0.1, 0.15) is 5.69 Å². The van der Waals surface area contributed by atoms with E-state index < -0.39 is 4.92 Å². The lowest BCUT2D eigenvalue weighted by Gasteiger charge is -2.36. The van der Waals surface area contributed by atoms with Gasteiger partial charge in [-0.1, -0.05) is 0 Å². The number of pyridine rings is 1. The van der Waals surface area contributed by atoms with Crippen LogP contribution in [-0.4, -0.2) is 47.5 Å². The van der Waals surface area contributed by atoms with Gasteiger partial charge >= 0.3 is 5.69 Å². The van der Waals surface area contributed by atoms with Gasteiger partial charge in [-0.2, -0.15) is 0 Å². The van der Waals surface area contributed by atoms with E-state index in [-0.39, 0.29) is 11.5 Å². The van der Waals surface area contributed by atoms with Crippen LogP contribution in [0.3, 0.4) is 0 Å². The third-order valence-corrected chi connectivity index (χ3v) is 4.67. The number of hydrogen-bond donors (Lipinski definition) is 1. The Bertz CT molecular complexity index is 556. The average molecular weight is 356 g/mol. The van der Waals surface area contributed by atoms with E-state index in [4.69, 9.17) is 5.73 Å². The number of anilines is 2. The van der Waals surface area contributed by atoms with Crippen molar-refractivity contribution in [3.8, 4) is 0 Å². The summed E-state index contributed by atoms with van der Waals surface area (Å²) in [5.41, 5.74) is 6.15. The zero-order valence-electron chi connectivity index (χ0n) is 11.7. The molecule has 2 aliphatic rings. The van der Waals surface area contributed by atoms with Crippen molar-refractivity contribution in [1.29, 1.82) is 0 Å². The normalized spacial score (nSPS) is 19.8. The molecule has 0 unspecified atom stereocenters. The molecule has 1 aliphatic carbocycles. The lowest BCUT2D eigenvalue weighted by molar-refractivity contribution is -0.383. The van der Waals surface area contributed by atoms with Gasteiger partial charge in [-0.25, -0.2) is 4.98 Å². The van der Waals surface area contributed by atoms with Crippen LogP contribution in [-0.2, 0) is 0 Å². The lowest BCUT2D eigenvalue weighted by Crippen LogP contribution is -2.47. The average Bonchev–Trinajstić information content (AvgIpc) is 3.26. The highest BCUT2D eigenvalue weighted by Gasteiger charge is 2.31. The summed E-state index contributed by atoms with van der Waals surface area (Å²) in [6.07, 6.45) is 4.23. The Morgan fingerprint density at radius 3 is 2.62 bits per heavy atom. The van der Waals surface area contributed by atoms with Gasteiger partial charge in [-0.05, 0) is 34.7 Å². The number of piperazine rings is 1. The molecule has 7 nitrogen and oxygen atoms in total. The fourth-order valence-corrected chi connectivity index (χ4v) is 3.32. The van der Waals surface area contributed by atoms with Crippen LogP contribution in [0.1, 0.15) is 12.8 Å². The second kappa shape index (κ2) is 5.76. The first kappa shape index (κ1) is 14.5. The molecule has 1 aromatic rings. The second-order valence-electron chi connectivity index (χ2n) is 5.68. The summed E-state index contributed by atoms with van der Waals surface area (Å²) in [5.74, 6) is 0.841. The summed E-state index contributed by atoms with van der Waals surface area (Å²) in [6, 6.07) is 0. The van der Waals surface area contributed by atoms with Crippen LogP contribution in [0.4, 0.5) is 17.2 Å². The number of nitrogens with two attached hydrogens (primary N) is 1. The highest BCUT2D eigenvalue weighted by Crippen LogP contribution is 2.39. The second-order valence-corrected chi connectivity index (χ2v) is 6.53. The third-order valence-electron chi connectivity index (χ3n) is 4.09. The van der Waals surface area contributed by atoms with Gasteiger partial charge in [0, 0.05) is 38.9 Å². The predicted molar refractivity (Wildman–Crippen MR) is 84.4 cm³/mol. The maximum atomic E-state index is 11.3. The van der Waals surface area contributed by atoms with E-state index in [9.17, 15) is 10.1 Å². The summed E-state index contributed by atoms with van der Waals surface area (Å²) in [5, 5.41) is 11.3. The Morgan fingerprint density at radius 1 is 1.38 bits per heavy atom. The Labute approximate surface area is 131 Å². The zero-order valence-corrected chi connectivity index (χ0v) is 13.3. The van der Waals surface area contributed by atoms with Crippen molar-refractivity contribution in [1.82, 2.24) is 9.88 Å². The number of aromatic nitrogens is 1. The molecule has 0 atom stereocenters. The van der Waals surface area contributed by atoms with Gasteiger partial charge in [0.25, 0.3) is 0 Å². The Hall–Kier alpha value is -1.41. The first-order chi connectivity index (χ1) is 10.1. The Kier molecular flexibility index (Phi) is 3.99. The minimum atomic E-state index is -0.445. The van der Waals surface area contributed by atoms with Crippen LogP contribution in [0.2, 0.25) is 0 Å². The summed E-state index contributed by atoms with van der Waals surface area (Å²) in [4.78, 5) is 19.2. The van der Waals surface area contributed by atoms with Gasteiger partial charge in [0.15, 0.2) is 0 Å². The molecule has 1 saturated heterocycles. The highest BCUT2D eigenvalue weighted by molar-refractivity contribution is 9.10. The minimum absolute atomic E-state index is 0.0291. The zero-order chi connectivity index (χ0) is 15.0. The van der Waals surface area contributed by atoms with Gasteiger partial charge < -0.3 is 10.6 Å². The minimum Gasteiger partial charge on any atom is -0.378 e. The lowest BCUT2D eigenvalue weighted by atomic mass is 10.2. The smallest absolute Gasteiger partial charge is 0.335 e. The molecule has 0 bridgehead atoms. The molecule has 0 amide bonds. The number of nitrogens with zero attached hydrogens (tertiary/aromatic N) is 4. The molecule has 21 heavy (non-hydrogen) atoms. The van der Waals surface area contributed by atoms with Crippen molar-refractivity contribution < 1.29 is 4.92 Å². The predicted octanol–water partition coefficient (Wildman–Crippen LogP) is 1.87. The topological polar surface area (TPSA) is 88.5 Å². The molecule has 2 heterocycles. The van der Waals surface area contributed by atoms with E-state index in [1.165, 1.54) is 19.0 Å². The van der Waals surface area contributed by atoms with Crippen LogP contribution in [0, 0.1) is 16.0 Å². The van der Waals surface area contributed by atoms with E-state index in [0.29, 0.717) is 10.2 Å². The van der Waals surface area contributed by atoms with E-state index >= 15 is 0 Å². The molecule has 1 aliphatic heterocycles. The molecule has 0 spiro atoms. The SMILES string of the molecule is Nc1ncc(Br)c(N2CCN(CC3CC3)CC2)c1[N+](=O)[O-]. The first-order valence-electron chi connectivity index (χ1n) is 7.12. The summed E-state index contributed by atoms with van der Waals surface area (Å²) in [6.45, 7) is 4.57. The molecule has 8 heteroatoms. The number of nitro groups is 1. The monoisotopic (exact) mass is 355 g/mol. The number of hydrogen-bond acceptors (Lipinski definition) is 6. The standard InChI is InChI=1S/C13H18BrN5O2/c14-10-7-16-13(15)12(19(20)21)11(10)18-5-3-17(4-6-18)8-9-1-2-9/h7,9H,1-6,8H2,(H2,15,16). The Balaban J connectivity index is 1.77. The van der Waals surface area contributed by atoms with E-state index in [0.717, 1.165) is 38.6 Å². The van der Waals surface area contributed by atoms with Crippen molar-refractivity contribution in [2.75, 3.05) is 43.4 Å². The van der Waals surface area contributed by atoms with Gasteiger partial charge in [-0.15, -0.1) is 0 Å². The van der Waals surface area contributed by atoms with Crippen molar-refractivity contribution in [3.05, 3.63) is 20.8 Å². The summed E-state index contributed by atoms with van der Waals surface area (Å²) < 4.78 is 0.624. The molecule has 1 aromatic heterocycles. The number of rotatable bonds is 4. The molecule has 2 fully saturated rings. The van der Waals surface area contributed by atoms with Crippen LogP contribution < -0.4 is 10.6 Å². The van der Waals surface area contributed by atoms with Crippen LogP contribution in [0.25, 0.3) is 0 Å². The molecule has 1 saturated carbocycles. The van der Waals surface area contributed by atoms with Crippen molar-refractivity contribution in [2.45, 2.75) is 12.8 Å². The van der Waals surface area contributed by atoms with E-state index in [1.807, 2.05) is 4.90 Å². The van der Waals surface area contributed by atoms with E-state index in [2.05, 4.69) is 25.8 Å². The Morgan fingerprint density at radius 2 is 2.05 bits per heavy atom. The van der Waals surface area contributed by atoms with E-state index in [1.54, 1.807) is 0 Å². The van der Waals surface area contributed by atoms with Crippen LogP contribution in [0.5, 0.6) is 0 Å². The van der Waals surface area contributed by atoms with Crippen molar-refractivity contribution in [3.63, 3.8) is 0 Å². The molecular weight excluding hydrogens is 338 g/mol. The van der Waals surface area contributed by atoms with Gasteiger partial charge in [0.2, 0.25) is 5.82 Å². The largest absolute Gasteiger partial charge is 0.378 e. The maximum absolute atomic E-state index is 11.3. The number of nitrogen functional groups attached to an aromatic ring is 1. The summed E-state index contributed by atoms with van der Waals surface area (Å²) in [7, 11) is 0.